The molecule has 0 heterocycles. The summed E-state index contributed by atoms with van der Waals surface area (Å²) in [5, 5.41) is 3.47. The van der Waals surface area contributed by atoms with Crippen molar-refractivity contribution in [2.75, 3.05) is 13.1 Å². The molecule has 1 aromatic carbocycles. The van der Waals surface area contributed by atoms with Crippen LogP contribution in [0, 0.1) is 12.8 Å². The lowest BCUT2D eigenvalue weighted by Gasteiger charge is -2.13. The lowest BCUT2D eigenvalue weighted by Crippen LogP contribution is -2.27. The maximum absolute atomic E-state index is 6.18. The van der Waals surface area contributed by atoms with Crippen molar-refractivity contribution in [3.63, 3.8) is 0 Å². The zero-order valence-corrected chi connectivity index (χ0v) is 13.5. The number of nitrogens with one attached hydrogen (secondary N) is 1. The summed E-state index contributed by atoms with van der Waals surface area (Å²) in [6.45, 7) is 8.66. The Hall–Kier alpha value is -0.860. The van der Waals surface area contributed by atoms with E-state index in [0.29, 0.717) is 0 Å². The van der Waals surface area contributed by atoms with Crippen molar-refractivity contribution in [2.24, 2.45) is 11.7 Å². The lowest BCUT2D eigenvalue weighted by atomic mass is 10.0. The predicted octanol–water partition coefficient (Wildman–Crippen LogP) is 4.19. The van der Waals surface area contributed by atoms with E-state index in [0.717, 1.165) is 19.0 Å². The summed E-state index contributed by atoms with van der Waals surface area (Å²) in [5.74, 6) is 0.848. The molecule has 20 heavy (non-hydrogen) atoms. The van der Waals surface area contributed by atoms with Crippen molar-refractivity contribution in [1.82, 2.24) is 5.32 Å². The molecule has 3 N–H and O–H groups in total. The van der Waals surface area contributed by atoms with E-state index in [9.17, 15) is 0 Å². The molecule has 2 heteroatoms. The van der Waals surface area contributed by atoms with E-state index in [2.05, 4.69) is 50.4 Å². The Labute approximate surface area is 125 Å². The van der Waals surface area contributed by atoms with Gasteiger partial charge in [0.15, 0.2) is 0 Å². The third-order valence-corrected chi connectivity index (χ3v) is 3.75. The van der Waals surface area contributed by atoms with Crippen LogP contribution in [0.15, 0.2) is 24.3 Å². The highest BCUT2D eigenvalue weighted by Crippen LogP contribution is 2.11. The molecule has 0 aromatic heterocycles. The van der Waals surface area contributed by atoms with Crippen LogP contribution < -0.4 is 11.1 Å². The number of aryl methyl sites for hydroxylation is 1. The van der Waals surface area contributed by atoms with Crippen LogP contribution >= 0.6 is 0 Å². The standard InChI is InChI=1S/C18H32N2/c1-15(2)8-6-4-5-7-13-20-14-18(19)17-11-9-16(3)10-12-17/h9-12,15,18,20H,4-8,13-14,19H2,1-3H3. The molecule has 0 fully saturated rings. The van der Waals surface area contributed by atoms with Crippen LogP contribution in [0.25, 0.3) is 0 Å². The van der Waals surface area contributed by atoms with Gasteiger partial charge in [-0.05, 0) is 31.4 Å². The third-order valence-electron chi connectivity index (χ3n) is 3.75. The molecule has 1 rings (SSSR count). The van der Waals surface area contributed by atoms with Gasteiger partial charge in [0.2, 0.25) is 0 Å². The summed E-state index contributed by atoms with van der Waals surface area (Å²) >= 11 is 0. The monoisotopic (exact) mass is 276 g/mol. The van der Waals surface area contributed by atoms with Gasteiger partial charge in [0.1, 0.15) is 0 Å². The first-order valence-electron chi connectivity index (χ1n) is 8.12. The van der Waals surface area contributed by atoms with E-state index >= 15 is 0 Å². The molecule has 0 bridgehead atoms. The first-order valence-corrected chi connectivity index (χ1v) is 8.12. The van der Waals surface area contributed by atoms with Gasteiger partial charge in [-0.1, -0.05) is 69.4 Å². The van der Waals surface area contributed by atoms with Crippen LogP contribution in [0.5, 0.6) is 0 Å². The molecular weight excluding hydrogens is 244 g/mol. The quantitative estimate of drug-likeness (QED) is 0.629. The fourth-order valence-electron chi connectivity index (χ4n) is 2.35. The molecule has 114 valence electrons. The minimum Gasteiger partial charge on any atom is -0.323 e. The third kappa shape index (κ3) is 7.66. The summed E-state index contributed by atoms with van der Waals surface area (Å²) < 4.78 is 0. The van der Waals surface area contributed by atoms with Gasteiger partial charge >= 0.3 is 0 Å². The Balaban J connectivity index is 2.02. The molecular formula is C18H32N2. The zero-order valence-electron chi connectivity index (χ0n) is 13.5. The van der Waals surface area contributed by atoms with Crippen LogP contribution in [0.1, 0.15) is 63.1 Å². The molecule has 2 nitrogen and oxygen atoms in total. The second kappa shape index (κ2) is 9.95. The molecule has 1 atom stereocenters. The van der Waals surface area contributed by atoms with Gasteiger partial charge in [-0.3, -0.25) is 0 Å². The fraction of sp³-hybridized carbons (Fsp3) is 0.667. The number of unbranched alkanes of at least 4 members (excludes halogenated alkanes) is 3. The highest BCUT2D eigenvalue weighted by molar-refractivity contribution is 5.23. The van der Waals surface area contributed by atoms with Crippen LogP contribution in [-0.4, -0.2) is 13.1 Å². The zero-order chi connectivity index (χ0) is 14.8. The number of hydrogen-bond acceptors (Lipinski definition) is 2. The van der Waals surface area contributed by atoms with Gasteiger partial charge in [-0.15, -0.1) is 0 Å². The second-order valence-corrected chi connectivity index (χ2v) is 6.32. The predicted molar refractivity (Wildman–Crippen MR) is 88.9 cm³/mol. The van der Waals surface area contributed by atoms with Crippen molar-refractivity contribution in [1.29, 1.82) is 0 Å². The molecule has 1 aromatic rings. The molecule has 0 aliphatic rings. The summed E-state index contributed by atoms with van der Waals surface area (Å²) in [4.78, 5) is 0. The molecule has 0 radical (unpaired) electrons. The molecule has 0 aliphatic heterocycles. The van der Waals surface area contributed by atoms with Gasteiger partial charge in [-0.2, -0.15) is 0 Å². The van der Waals surface area contributed by atoms with E-state index in [1.165, 1.54) is 43.2 Å². The fourth-order valence-corrected chi connectivity index (χ4v) is 2.35. The summed E-state index contributed by atoms with van der Waals surface area (Å²) in [7, 11) is 0. The topological polar surface area (TPSA) is 38.0 Å². The highest BCUT2D eigenvalue weighted by Gasteiger charge is 2.04. The maximum Gasteiger partial charge on any atom is 0.0421 e. The van der Waals surface area contributed by atoms with Gasteiger partial charge in [0.05, 0.1) is 0 Å². The molecule has 0 amide bonds. The van der Waals surface area contributed by atoms with E-state index in [1.807, 2.05) is 0 Å². The van der Waals surface area contributed by atoms with Crippen molar-refractivity contribution in [3.8, 4) is 0 Å². The minimum absolute atomic E-state index is 0.108. The molecule has 0 saturated carbocycles. The van der Waals surface area contributed by atoms with Gasteiger partial charge in [-0.25, -0.2) is 0 Å². The average Bonchev–Trinajstić information content (AvgIpc) is 2.42. The Morgan fingerprint density at radius 3 is 2.30 bits per heavy atom. The van der Waals surface area contributed by atoms with E-state index in [-0.39, 0.29) is 6.04 Å². The molecule has 0 saturated heterocycles. The smallest absolute Gasteiger partial charge is 0.0421 e. The first kappa shape index (κ1) is 17.2. The Morgan fingerprint density at radius 2 is 1.65 bits per heavy atom. The number of rotatable bonds is 10. The SMILES string of the molecule is Cc1ccc(C(N)CNCCCCCCC(C)C)cc1. The second-order valence-electron chi connectivity index (χ2n) is 6.32. The number of hydrogen-bond donors (Lipinski definition) is 2. The summed E-state index contributed by atoms with van der Waals surface area (Å²) in [5.41, 5.74) is 8.69. The largest absolute Gasteiger partial charge is 0.323 e. The van der Waals surface area contributed by atoms with Crippen molar-refractivity contribution in [2.45, 2.75) is 58.9 Å². The number of benzene rings is 1. The minimum atomic E-state index is 0.108. The van der Waals surface area contributed by atoms with Crippen LogP contribution in [0.3, 0.4) is 0 Å². The van der Waals surface area contributed by atoms with Gasteiger partial charge in [0, 0.05) is 12.6 Å². The molecule has 0 spiro atoms. The van der Waals surface area contributed by atoms with Crippen molar-refractivity contribution in [3.05, 3.63) is 35.4 Å². The molecule has 0 aliphatic carbocycles. The first-order chi connectivity index (χ1) is 9.59. The van der Waals surface area contributed by atoms with Crippen LogP contribution in [0.4, 0.5) is 0 Å². The number of nitrogens with two attached hydrogens (primary N) is 1. The van der Waals surface area contributed by atoms with Crippen molar-refractivity contribution < 1.29 is 0 Å². The van der Waals surface area contributed by atoms with E-state index in [1.54, 1.807) is 0 Å². The Bertz CT molecular complexity index is 343. The van der Waals surface area contributed by atoms with E-state index < -0.39 is 0 Å². The lowest BCUT2D eigenvalue weighted by molar-refractivity contribution is 0.507. The summed E-state index contributed by atoms with van der Waals surface area (Å²) in [6, 6.07) is 8.63. The summed E-state index contributed by atoms with van der Waals surface area (Å²) in [6.07, 6.45) is 6.70. The van der Waals surface area contributed by atoms with Crippen molar-refractivity contribution >= 4 is 0 Å². The van der Waals surface area contributed by atoms with Crippen LogP contribution in [0.2, 0.25) is 0 Å². The van der Waals surface area contributed by atoms with Gasteiger partial charge < -0.3 is 11.1 Å². The highest BCUT2D eigenvalue weighted by atomic mass is 14.9. The maximum atomic E-state index is 6.18. The Morgan fingerprint density at radius 1 is 1.00 bits per heavy atom. The van der Waals surface area contributed by atoms with Gasteiger partial charge in [0.25, 0.3) is 0 Å². The normalized spacial score (nSPS) is 12.8. The molecule has 1 unspecified atom stereocenters. The van der Waals surface area contributed by atoms with E-state index in [4.69, 9.17) is 5.73 Å². The van der Waals surface area contributed by atoms with Crippen LogP contribution in [-0.2, 0) is 0 Å². The Kier molecular flexibility index (Phi) is 8.56. The average molecular weight is 276 g/mol.